The van der Waals surface area contributed by atoms with Gasteiger partial charge in [-0.25, -0.2) is 0 Å². The molecule has 0 radical (unpaired) electrons. The van der Waals surface area contributed by atoms with Gasteiger partial charge in [0, 0.05) is 26.3 Å². The zero-order valence-corrected chi connectivity index (χ0v) is 20.5. The van der Waals surface area contributed by atoms with Crippen LogP contribution < -0.4 is 5.43 Å². The fourth-order valence-corrected chi connectivity index (χ4v) is 4.85. The minimum absolute atomic E-state index is 0.108. The van der Waals surface area contributed by atoms with E-state index >= 15 is 0 Å². The van der Waals surface area contributed by atoms with Gasteiger partial charge in [0.2, 0.25) is 0 Å². The summed E-state index contributed by atoms with van der Waals surface area (Å²) < 4.78 is 4.22. The van der Waals surface area contributed by atoms with E-state index in [0.717, 1.165) is 43.7 Å². The summed E-state index contributed by atoms with van der Waals surface area (Å²) in [4.78, 5) is 13.0. The largest absolute Gasteiger partial charge is 0.340 e. The van der Waals surface area contributed by atoms with Crippen LogP contribution in [0, 0.1) is 0 Å². The van der Waals surface area contributed by atoms with Crippen molar-refractivity contribution in [2.75, 3.05) is 0 Å². The lowest BCUT2D eigenvalue weighted by Crippen LogP contribution is -2.12. The van der Waals surface area contributed by atoms with Crippen LogP contribution >= 0.6 is 31.9 Å². The predicted octanol–water partition coefficient (Wildman–Crippen LogP) is 8.60. The second kappa shape index (κ2) is 11.3. The zero-order valence-electron chi connectivity index (χ0n) is 17.4. The SMILES string of the molecule is CCCCCCCCCCCCn1c2ccc(Br)cc2c(=O)c2cc(Br)ccc21. The summed E-state index contributed by atoms with van der Waals surface area (Å²) in [7, 11) is 0. The molecule has 3 aromatic rings. The first kappa shape index (κ1) is 22.6. The molecule has 0 unspecified atom stereocenters. The maximum Gasteiger partial charge on any atom is 0.197 e. The number of hydrogen-bond acceptors (Lipinski definition) is 1. The van der Waals surface area contributed by atoms with Crippen LogP contribution in [-0.4, -0.2) is 4.57 Å². The van der Waals surface area contributed by atoms with Crippen molar-refractivity contribution in [3.05, 3.63) is 55.6 Å². The van der Waals surface area contributed by atoms with E-state index in [-0.39, 0.29) is 5.43 Å². The molecular weight excluding hydrogens is 490 g/mol. The maximum absolute atomic E-state index is 13.0. The van der Waals surface area contributed by atoms with Crippen LogP contribution in [0.2, 0.25) is 0 Å². The zero-order chi connectivity index (χ0) is 20.6. The Labute approximate surface area is 191 Å². The van der Waals surface area contributed by atoms with Crippen LogP contribution in [0.25, 0.3) is 21.8 Å². The molecule has 0 aliphatic carbocycles. The first-order chi connectivity index (χ1) is 14.1. The Bertz CT molecular complexity index is 943. The average molecular weight is 521 g/mol. The predicted molar refractivity (Wildman–Crippen MR) is 133 cm³/mol. The van der Waals surface area contributed by atoms with Crippen LogP contribution in [0.15, 0.2) is 50.1 Å². The number of nitrogens with zero attached hydrogens (tertiary/aromatic N) is 1. The number of fused-ring (bicyclic) bond motifs is 2. The van der Waals surface area contributed by atoms with Crippen LogP contribution in [0.5, 0.6) is 0 Å². The lowest BCUT2D eigenvalue weighted by molar-refractivity contribution is 0.541. The summed E-state index contributed by atoms with van der Waals surface area (Å²) in [5, 5.41) is 1.58. The Morgan fingerprint density at radius 1 is 0.690 bits per heavy atom. The Hall–Kier alpha value is -1.13. The van der Waals surface area contributed by atoms with Crippen molar-refractivity contribution in [1.82, 2.24) is 4.57 Å². The molecule has 0 fully saturated rings. The minimum atomic E-state index is 0.108. The highest BCUT2D eigenvalue weighted by Crippen LogP contribution is 2.25. The van der Waals surface area contributed by atoms with E-state index in [1.54, 1.807) is 0 Å². The van der Waals surface area contributed by atoms with E-state index in [1.165, 1.54) is 57.8 Å². The van der Waals surface area contributed by atoms with Gasteiger partial charge in [0.05, 0.1) is 11.0 Å². The molecule has 0 N–H and O–H groups in total. The van der Waals surface area contributed by atoms with Gasteiger partial charge < -0.3 is 4.57 Å². The van der Waals surface area contributed by atoms with Crippen molar-refractivity contribution in [2.24, 2.45) is 0 Å². The third-order valence-electron chi connectivity index (χ3n) is 5.72. The van der Waals surface area contributed by atoms with E-state index < -0.39 is 0 Å². The smallest absolute Gasteiger partial charge is 0.197 e. The number of rotatable bonds is 11. The van der Waals surface area contributed by atoms with Crippen molar-refractivity contribution in [2.45, 2.75) is 77.7 Å². The number of aromatic nitrogens is 1. The molecule has 1 heterocycles. The Morgan fingerprint density at radius 3 is 1.62 bits per heavy atom. The fourth-order valence-electron chi connectivity index (χ4n) is 4.12. The summed E-state index contributed by atoms with van der Waals surface area (Å²) in [6.45, 7) is 3.22. The quantitative estimate of drug-likeness (QED) is 0.183. The van der Waals surface area contributed by atoms with Gasteiger partial charge in [0.15, 0.2) is 5.43 Å². The van der Waals surface area contributed by atoms with Crippen molar-refractivity contribution < 1.29 is 0 Å². The number of hydrogen-bond donors (Lipinski definition) is 0. The number of aryl methyl sites for hydroxylation is 1. The van der Waals surface area contributed by atoms with Gasteiger partial charge in [-0.1, -0.05) is 96.6 Å². The average Bonchev–Trinajstić information content (AvgIpc) is 2.72. The number of benzene rings is 2. The van der Waals surface area contributed by atoms with Gasteiger partial charge in [0.25, 0.3) is 0 Å². The lowest BCUT2D eigenvalue weighted by Gasteiger charge is -2.16. The molecule has 0 amide bonds. The molecule has 0 atom stereocenters. The van der Waals surface area contributed by atoms with E-state index in [2.05, 4.69) is 55.5 Å². The Kier molecular flexibility index (Phi) is 8.80. The van der Waals surface area contributed by atoms with E-state index in [4.69, 9.17) is 0 Å². The monoisotopic (exact) mass is 519 g/mol. The van der Waals surface area contributed by atoms with Gasteiger partial charge >= 0.3 is 0 Å². The molecule has 0 saturated carbocycles. The Balaban J connectivity index is 1.67. The molecule has 0 saturated heterocycles. The van der Waals surface area contributed by atoms with Gasteiger partial charge in [-0.2, -0.15) is 0 Å². The third-order valence-corrected chi connectivity index (χ3v) is 6.71. The number of pyridine rings is 1. The second-order valence-electron chi connectivity index (χ2n) is 7.99. The Morgan fingerprint density at radius 2 is 1.14 bits per heavy atom. The van der Waals surface area contributed by atoms with Gasteiger partial charge in [-0.15, -0.1) is 0 Å². The normalized spacial score (nSPS) is 11.6. The molecule has 2 nitrogen and oxygen atoms in total. The molecular formula is C25H31Br2NO. The van der Waals surface area contributed by atoms with E-state index in [0.29, 0.717) is 0 Å². The lowest BCUT2D eigenvalue weighted by atomic mass is 10.1. The van der Waals surface area contributed by atoms with Gasteiger partial charge in [-0.05, 0) is 42.8 Å². The molecule has 156 valence electrons. The first-order valence-electron chi connectivity index (χ1n) is 11.0. The van der Waals surface area contributed by atoms with Crippen LogP contribution in [0.4, 0.5) is 0 Å². The van der Waals surface area contributed by atoms with Crippen molar-refractivity contribution in [3.8, 4) is 0 Å². The molecule has 0 spiro atoms. The van der Waals surface area contributed by atoms with Gasteiger partial charge in [-0.3, -0.25) is 4.79 Å². The summed E-state index contributed by atoms with van der Waals surface area (Å²) in [5.74, 6) is 0. The summed E-state index contributed by atoms with van der Waals surface area (Å²) in [5.41, 5.74) is 2.17. The molecule has 0 aliphatic rings. The van der Waals surface area contributed by atoms with E-state index in [9.17, 15) is 4.79 Å². The molecule has 0 bridgehead atoms. The van der Waals surface area contributed by atoms with Gasteiger partial charge in [0.1, 0.15) is 0 Å². The molecule has 3 rings (SSSR count). The molecule has 1 aromatic heterocycles. The topological polar surface area (TPSA) is 22.0 Å². The van der Waals surface area contributed by atoms with Crippen molar-refractivity contribution in [1.29, 1.82) is 0 Å². The highest BCUT2D eigenvalue weighted by Gasteiger charge is 2.11. The summed E-state index contributed by atoms with van der Waals surface area (Å²) in [6.07, 6.45) is 13.3. The van der Waals surface area contributed by atoms with Crippen LogP contribution in [0.1, 0.15) is 71.1 Å². The van der Waals surface area contributed by atoms with Crippen LogP contribution in [0.3, 0.4) is 0 Å². The van der Waals surface area contributed by atoms with Crippen molar-refractivity contribution in [3.63, 3.8) is 0 Å². The molecule has 29 heavy (non-hydrogen) atoms. The standard InChI is InChI=1S/C25H31Br2NO/c1-2-3-4-5-6-7-8-9-10-11-16-28-23-14-12-19(26)17-21(23)25(29)22-18-20(27)13-15-24(22)28/h12-15,17-18H,2-11,16H2,1H3. The third kappa shape index (κ3) is 5.95. The summed E-state index contributed by atoms with van der Waals surface area (Å²) >= 11 is 7.04. The maximum atomic E-state index is 13.0. The highest BCUT2D eigenvalue weighted by molar-refractivity contribution is 9.10. The van der Waals surface area contributed by atoms with E-state index in [1.807, 2.05) is 24.3 Å². The molecule has 0 aliphatic heterocycles. The number of halogens is 2. The van der Waals surface area contributed by atoms with Crippen LogP contribution in [-0.2, 0) is 6.54 Å². The molecule has 2 aromatic carbocycles. The molecule has 4 heteroatoms. The minimum Gasteiger partial charge on any atom is -0.340 e. The fraction of sp³-hybridized carbons (Fsp3) is 0.480. The highest BCUT2D eigenvalue weighted by atomic mass is 79.9. The second-order valence-corrected chi connectivity index (χ2v) is 9.82. The number of unbranched alkanes of at least 4 members (excludes halogenated alkanes) is 9. The summed E-state index contributed by atoms with van der Waals surface area (Å²) in [6, 6.07) is 12.1. The first-order valence-corrected chi connectivity index (χ1v) is 12.6. The van der Waals surface area contributed by atoms with Crippen molar-refractivity contribution >= 4 is 53.7 Å².